The summed E-state index contributed by atoms with van der Waals surface area (Å²) in [5.41, 5.74) is 6.36. The Morgan fingerprint density at radius 1 is 0.750 bits per heavy atom. The van der Waals surface area contributed by atoms with Crippen LogP contribution in [0.2, 0.25) is 0 Å². The first-order valence-electron chi connectivity index (χ1n) is 11.4. The third-order valence-electron chi connectivity index (χ3n) is 5.74. The summed E-state index contributed by atoms with van der Waals surface area (Å²) < 4.78 is 27.0. The quantitative estimate of drug-likeness (QED) is 0.229. The number of hydrogen-bond donors (Lipinski definition) is 1. The molecule has 36 heavy (non-hydrogen) atoms. The average molecular weight is 493 g/mol. The summed E-state index contributed by atoms with van der Waals surface area (Å²) in [4.78, 5) is 2.46. The Labute approximate surface area is 210 Å². The maximum Gasteiger partial charge on any atom is 0.276 e. The number of sulfonamides is 1. The molecule has 0 spiro atoms. The van der Waals surface area contributed by atoms with Gasteiger partial charge in [0.25, 0.3) is 10.0 Å². The van der Waals surface area contributed by atoms with Crippen LogP contribution in [0.15, 0.2) is 125 Å². The van der Waals surface area contributed by atoms with E-state index in [4.69, 9.17) is 5.10 Å². The normalized spacial score (nSPS) is 11.6. The Morgan fingerprint density at radius 2 is 1.33 bits per heavy atom. The lowest BCUT2D eigenvalue weighted by Crippen LogP contribution is -2.18. The summed E-state index contributed by atoms with van der Waals surface area (Å²) in [6.07, 6.45) is 3.32. The predicted molar refractivity (Wildman–Crippen MR) is 144 cm³/mol. The molecule has 1 aromatic heterocycles. The zero-order valence-corrected chi connectivity index (χ0v) is 20.4. The number of aryl methyl sites for hydroxylation is 1. The minimum absolute atomic E-state index is 0.155. The minimum atomic E-state index is -3.78. The zero-order valence-electron chi connectivity index (χ0n) is 19.6. The number of rotatable bonds is 7. The van der Waals surface area contributed by atoms with Crippen molar-refractivity contribution in [1.29, 1.82) is 0 Å². The van der Waals surface area contributed by atoms with E-state index < -0.39 is 10.0 Å². The maximum absolute atomic E-state index is 12.6. The van der Waals surface area contributed by atoms with Crippen molar-refractivity contribution in [3.8, 4) is 28.1 Å². The fourth-order valence-electron chi connectivity index (χ4n) is 3.81. The largest absolute Gasteiger partial charge is 0.276 e. The van der Waals surface area contributed by atoms with E-state index in [2.05, 4.69) is 22.1 Å². The lowest BCUT2D eigenvalue weighted by Gasteiger charge is -2.05. The lowest BCUT2D eigenvalue weighted by atomic mass is 10.0. The van der Waals surface area contributed by atoms with Crippen molar-refractivity contribution >= 4 is 16.2 Å². The Bertz CT molecular complexity index is 1590. The number of benzene rings is 4. The predicted octanol–water partition coefficient (Wildman–Crippen LogP) is 5.83. The molecule has 4 aromatic carbocycles. The summed E-state index contributed by atoms with van der Waals surface area (Å²) in [7, 11) is -3.78. The highest BCUT2D eigenvalue weighted by Crippen LogP contribution is 2.26. The van der Waals surface area contributed by atoms with Gasteiger partial charge in [0.15, 0.2) is 0 Å². The van der Waals surface area contributed by atoms with Gasteiger partial charge in [-0.1, -0.05) is 90.5 Å². The second-order valence-electron chi connectivity index (χ2n) is 8.32. The SMILES string of the molecule is Cc1ccc(S(=O)(=O)NN=Cc2cn(-c3ccccc3)nc2-c2ccc(-c3ccccc3)cc2)cc1. The molecule has 0 saturated carbocycles. The first kappa shape index (κ1) is 23.3. The van der Waals surface area contributed by atoms with Crippen LogP contribution in [0.25, 0.3) is 28.1 Å². The van der Waals surface area contributed by atoms with Crippen LogP contribution in [0.1, 0.15) is 11.1 Å². The van der Waals surface area contributed by atoms with Crippen LogP contribution in [-0.4, -0.2) is 24.4 Å². The summed E-state index contributed by atoms with van der Waals surface area (Å²) >= 11 is 0. The third kappa shape index (κ3) is 5.11. The lowest BCUT2D eigenvalue weighted by molar-refractivity contribution is 0.584. The maximum atomic E-state index is 12.6. The monoisotopic (exact) mass is 492 g/mol. The molecular formula is C29H24N4O2S. The van der Waals surface area contributed by atoms with Gasteiger partial charge in [-0.2, -0.15) is 18.6 Å². The molecule has 1 N–H and O–H groups in total. The Morgan fingerprint density at radius 3 is 2.00 bits per heavy atom. The van der Waals surface area contributed by atoms with Crippen LogP contribution in [-0.2, 0) is 10.0 Å². The molecular weight excluding hydrogens is 468 g/mol. The van der Waals surface area contributed by atoms with Gasteiger partial charge in [-0.3, -0.25) is 0 Å². The third-order valence-corrected chi connectivity index (χ3v) is 6.98. The van der Waals surface area contributed by atoms with Crippen molar-refractivity contribution in [2.45, 2.75) is 11.8 Å². The number of para-hydroxylation sites is 1. The van der Waals surface area contributed by atoms with Gasteiger partial charge in [0.1, 0.15) is 5.69 Å². The second kappa shape index (κ2) is 10.0. The molecule has 0 unspecified atom stereocenters. The first-order valence-corrected chi connectivity index (χ1v) is 12.9. The molecule has 5 rings (SSSR count). The van der Waals surface area contributed by atoms with E-state index in [-0.39, 0.29) is 4.90 Å². The summed E-state index contributed by atoms with van der Waals surface area (Å²) in [6.45, 7) is 1.90. The Kier molecular flexibility index (Phi) is 6.47. The molecule has 0 bridgehead atoms. The Balaban J connectivity index is 1.47. The number of nitrogens with zero attached hydrogens (tertiary/aromatic N) is 3. The number of nitrogens with one attached hydrogen (secondary N) is 1. The zero-order chi connectivity index (χ0) is 25.0. The molecule has 6 nitrogen and oxygen atoms in total. The highest BCUT2D eigenvalue weighted by atomic mass is 32.2. The smallest absolute Gasteiger partial charge is 0.240 e. The van der Waals surface area contributed by atoms with Gasteiger partial charge in [0, 0.05) is 17.3 Å². The van der Waals surface area contributed by atoms with Gasteiger partial charge in [0.2, 0.25) is 0 Å². The van der Waals surface area contributed by atoms with Crippen molar-refractivity contribution in [2.75, 3.05) is 0 Å². The van der Waals surface area contributed by atoms with E-state index in [0.717, 1.165) is 27.9 Å². The van der Waals surface area contributed by atoms with Crippen molar-refractivity contribution in [2.24, 2.45) is 5.10 Å². The molecule has 1 heterocycles. The summed E-state index contributed by atoms with van der Waals surface area (Å²) in [5.74, 6) is 0. The Hall–Kier alpha value is -4.49. The van der Waals surface area contributed by atoms with Crippen LogP contribution in [0.4, 0.5) is 0 Å². The highest BCUT2D eigenvalue weighted by Gasteiger charge is 2.14. The van der Waals surface area contributed by atoms with Crippen LogP contribution in [0.3, 0.4) is 0 Å². The molecule has 178 valence electrons. The molecule has 0 aliphatic heterocycles. The summed E-state index contributed by atoms with van der Waals surface area (Å²) in [5, 5.41) is 8.84. The standard InChI is InChI=1S/C29H24N4O2S/c1-22-12-18-28(19-13-22)36(34,35)32-30-20-26-21-33(27-10-6-3-7-11-27)31-29(26)25-16-14-24(15-17-25)23-8-4-2-5-9-23/h2-21,32H,1H3. The van der Waals surface area contributed by atoms with E-state index >= 15 is 0 Å². The van der Waals surface area contributed by atoms with Crippen molar-refractivity contribution < 1.29 is 8.42 Å². The van der Waals surface area contributed by atoms with Gasteiger partial charge < -0.3 is 0 Å². The fraction of sp³-hybridized carbons (Fsp3) is 0.0345. The van der Waals surface area contributed by atoms with Crippen LogP contribution < -0.4 is 4.83 Å². The van der Waals surface area contributed by atoms with Crippen molar-refractivity contribution in [3.05, 3.63) is 127 Å². The molecule has 0 atom stereocenters. The van der Waals surface area contributed by atoms with Crippen molar-refractivity contribution in [1.82, 2.24) is 14.6 Å². The topological polar surface area (TPSA) is 76.3 Å². The van der Waals surface area contributed by atoms with Gasteiger partial charge in [-0.25, -0.2) is 9.51 Å². The molecule has 0 radical (unpaired) electrons. The number of hydrazone groups is 1. The van der Waals surface area contributed by atoms with E-state index in [1.54, 1.807) is 28.9 Å². The second-order valence-corrected chi connectivity index (χ2v) is 9.98. The number of aromatic nitrogens is 2. The van der Waals surface area contributed by atoms with Crippen LogP contribution in [0.5, 0.6) is 0 Å². The van der Waals surface area contributed by atoms with Gasteiger partial charge in [-0.05, 0) is 42.3 Å². The molecule has 0 aliphatic rings. The average Bonchev–Trinajstić information content (AvgIpc) is 3.34. The molecule has 7 heteroatoms. The van der Waals surface area contributed by atoms with Gasteiger partial charge in [0.05, 0.1) is 16.8 Å². The molecule has 0 fully saturated rings. The van der Waals surface area contributed by atoms with Crippen LogP contribution in [0, 0.1) is 6.92 Å². The van der Waals surface area contributed by atoms with E-state index in [0.29, 0.717) is 11.3 Å². The van der Waals surface area contributed by atoms with E-state index in [1.807, 2.05) is 85.9 Å². The first-order chi connectivity index (χ1) is 17.5. The van der Waals surface area contributed by atoms with E-state index in [9.17, 15) is 8.42 Å². The van der Waals surface area contributed by atoms with Crippen LogP contribution >= 0.6 is 0 Å². The fourth-order valence-corrected chi connectivity index (χ4v) is 4.60. The minimum Gasteiger partial charge on any atom is -0.240 e. The number of hydrogen-bond acceptors (Lipinski definition) is 4. The van der Waals surface area contributed by atoms with Gasteiger partial charge >= 0.3 is 0 Å². The van der Waals surface area contributed by atoms with E-state index in [1.165, 1.54) is 6.21 Å². The van der Waals surface area contributed by atoms with Gasteiger partial charge in [-0.15, -0.1) is 0 Å². The molecule has 5 aromatic rings. The summed E-state index contributed by atoms with van der Waals surface area (Å²) in [6, 6.07) is 34.6. The highest BCUT2D eigenvalue weighted by molar-refractivity contribution is 7.89. The molecule has 0 saturated heterocycles. The van der Waals surface area contributed by atoms with Crippen molar-refractivity contribution in [3.63, 3.8) is 0 Å². The molecule has 0 amide bonds. The molecule has 0 aliphatic carbocycles.